The van der Waals surface area contributed by atoms with E-state index in [1.54, 1.807) is 5.32 Å². The van der Waals surface area contributed by atoms with Gasteiger partial charge < -0.3 is 10.1 Å². The zero-order valence-corrected chi connectivity index (χ0v) is 10.3. The third kappa shape index (κ3) is 5.47. The summed E-state index contributed by atoms with van der Waals surface area (Å²) >= 11 is 0. The smallest absolute Gasteiger partial charge is 0.405 e. The van der Waals surface area contributed by atoms with Gasteiger partial charge in [0.15, 0.2) is 12.9 Å². The van der Waals surface area contributed by atoms with Gasteiger partial charge in [0.2, 0.25) is 0 Å². The topological polar surface area (TPSA) is 98.5 Å². The van der Waals surface area contributed by atoms with Crippen molar-refractivity contribution in [1.82, 2.24) is 5.32 Å². The summed E-state index contributed by atoms with van der Waals surface area (Å²) in [7, 11) is 0. The number of nitrogens with zero attached hydrogens (tertiary/aromatic N) is 1. The number of nitrogens with one attached hydrogen (secondary N) is 1. The average Bonchev–Trinajstić information content (AvgIpc) is 2.41. The van der Waals surface area contributed by atoms with E-state index in [9.17, 15) is 32.9 Å². The summed E-state index contributed by atoms with van der Waals surface area (Å²) < 4.78 is 40.4. The van der Waals surface area contributed by atoms with Crippen molar-refractivity contribution < 1.29 is 32.4 Å². The maximum Gasteiger partial charge on any atom is 0.405 e. The highest BCUT2D eigenvalue weighted by atomic mass is 19.4. The molecule has 0 aliphatic heterocycles. The minimum Gasteiger partial charge on any atom is -0.483 e. The summed E-state index contributed by atoms with van der Waals surface area (Å²) in [6, 6.07) is 3.05. The molecular formula is C11H9F3N2O5. The van der Waals surface area contributed by atoms with Crippen molar-refractivity contribution in [2.24, 2.45) is 0 Å². The van der Waals surface area contributed by atoms with Gasteiger partial charge in [0.05, 0.1) is 10.5 Å². The second-order valence-corrected chi connectivity index (χ2v) is 3.78. The van der Waals surface area contributed by atoms with E-state index in [0.717, 1.165) is 18.2 Å². The lowest BCUT2D eigenvalue weighted by Crippen LogP contribution is -2.36. The number of carbonyl (C=O) groups excluding carboxylic acids is 2. The van der Waals surface area contributed by atoms with E-state index in [-0.39, 0.29) is 23.3 Å². The van der Waals surface area contributed by atoms with Crippen molar-refractivity contribution in [1.29, 1.82) is 0 Å². The Morgan fingerprint density at radius 1 is 1.43 bits per heavy atom. The molecule has 0 aliphatic carbocycles. The number of hydrogen-bond donors (Lipinski definition) is 1. The largest absolute Gasteiger partial charge is 0.483 e. The maximum atomic E-state index is 11.9. The number of nitro groups is 1. The van der Waals surface area contributed by atoms with Gasteiger partial charge in [-0.1, -0.05) is 0 Å². The number of hydrogen-bond acceptors (Lipinski definition) is 5. The number of non-ortho nitro benzene ring substituents is 1. The van der Waals surface area contributed by atoms with Crippen LogP contribution in [0.1, 0.15) is 10.4 Å². The minimum absolute atomic E-state index is 0.141. The van der Waals surface area contributed by atoms with Crippen LogP contribution < -0.4 is 10.1 Å². The monoisotopic (exact) mass is 306 g/mol. The standard InChI is InChI=1S/C11H9F3N2O5/c12-11(13,14)6-15-10(18)5-21-9-2-1-8(16(19)20)3-7(9)4-17/h1-4H,5-6H2,(H,15,18). The van der Waals surface area contributed by atoms with Crippen LogP contribution in [0.15, 0.2) is 18.2 Å². The fourth-order valence-corrected chi connectivity index (χ4v) is 1.27. The Morgan fingerprint density at radius 3 is 2.62 bits per heavy atom. The minimum atomic E-state index is -4.54. The number of halogens is 3. The Hall–Kier alpha value is -2.65. The number of alkyl halides is 3. The van der Waals surface area contributed by atoms with Crippen LogP contribution in [-0.2, 0) is 4.79 Å². The van der Waals surface area contributed by atoms with Crippen LogP contribution in [0.5, 0.6) is 5.75 Å². The van der Waals surface area contributed by atoms with Gasteiger partial charge in [0.1, 0.15) is 12.3 Å². The molecule has 0 heterocycles. The summed E-state index contributed by atoms with van der Waals surface area (Å²) in [6.07, 6.45) is -4.27. The van der Waals surface area contributed by atoms with Crippen LogP contribution in [0, 0.1) is 10.1 Å². The van der Waals surface area contributed by atoms with Gasteiger partial charge in [-0.3, -0.25) is 19.7 Å². The molecule has 0 atom stereocenters. The second kappa shape index (κ2) is 6.68. The van der Waals surface area contributed by atoms with E-state index in [1.165, 1.54) is 0 Å². The van der Waals surface area contributed by atoms with Gasteiger partial charge in [-0.25, -0.2) is 0 Å². The summed E-state index contributed by atoms with van der Waals surface area (Å²) in [4.78, 5) is 31.6. The van der Waals surface area contributed by atoms with Gasteiger partial charge in [-0.2, -0.15) is 13.2 Å². The van der Waals surface area contributed by atoms with Crippen molar-refractivity contribution >= 4 is 17.9 Å². The van der Waals surface area contributed by atoms with E-state index >= 15 is 0 Å². The highest BCUT2D eigenvalue weighted by Crippen LogP contribution is 2.22. The number of ether oxygens (including phenoxy) is 1. The molecule has 0 unspecified atom stereocenters. The summed E-state index contributed by atoms with van der Waals surface area (Å²) in [5, 5.41) is 12.1. The zero-order valence-electron chi connectivity index (χ0n) is 10.3. The highest BCUT2D eigenvalue weighted by Gasteiger charge is 2.27. The number of nitro benzene ring substituents is 1. The molecule has 1 aromatic carbocycles. The first-order valence-corrected chi connectivity index (χ1v) is 5.43. The molecule has 7 nitrogen and oxygen atoms in total. The van der Waals surface area contributed by atoms with Gasteiger partial charge in [0, 0.05) is 12.1 Å². The molecule has 21 heavy (non-hydrogen) atoms. The number of rotatable bonds is 6. The van der Waals surface area contributed by atoms with Gasteiger partial charge in [0.25, 0.3) is 11.6 Å². The molecule has 0 bridgehead atoms. The molecule has 114 valence electrons. The van der Waals surface area contributed by atoms with Crippen LogP contribution in [0.2, 0.25) is 0 Å². The normalized spacial score (nSPS) is 10.8. The molecule has 10 heteroatoms. The summed E-state index contributed by atoms with van der Waals surface area (Å²) in [6.45, 7) is -2.26. The number of amides is 1. The van der Waals surface area contributed by atoms with Crippen molar-refractivity contribution in [3.05, 3.63) is 33.9 Å². The van der Waals surface area contributed by atoms with Crippen LogP contribution in [0.25, 0.3) is 0 Å². The molecule has 0 aromatic heterocycles. The van der Waals surface area contributed by atoms with Gasteiger partial charge in [-0.15, -0.1) is 0 Å². The number of aldehydes is 1. The first-order chi connectivity index (χ1) is 9.73. The third-order valence-corrected chi connectivity index (χ3v) is 2.18. The Balaban J connectivity index is 2.65. The van der Waals surface area contributed by atoms with Crippen LogP contribution >= 0.6 is 0 Å². The van der Waals surface area contributed by atoms with Crippen LogP contribution in [0.4, 0.5) is 18.9 Å². The van der Waals surface area contributed by atoms with Crippen molar-refractivity contribution in [3.8, 4) is 5.75 Å². The van der Waals surface area contributed by atoms with E-state index in [1.807, 2.05) is 0 Å². The molecule has 1 rings (SSSR count). The molecule has 0 fully saturated rings. The van der Waals surface area contributed by atoms with E-state index in [2.05, 4.69) is 0 Å². The zero-order chi connectivity index (χ0) is 16.0. The molecule has 0 spiro atoms. The first kappa shape index (κ1) is 16.4. The first-order valence-electron chi connectivity index (χ1n) is 5.43. The fourth-order valence-electron chi connectivity index (χ4n) is 1.27. The molecule has 1 aromatic rings. The van der Waals surface area contributed by atoms with Crippen molar-refractivity contribution in [3.63, 3.8) is 0 Å². The van der Waals surface area contributed by atoms with Crippen LogP contribution in [0.3, 0.4) is 0 Å². The van der Waals surface area contributed by atoms with Crippen molar-refractivity contribution in [2.45, 2.75) is 6.18 Å². The lowest BCUT2D eigenvalue weighted by atomic mass is 10.2. The lowest BCUT2D eigenvalue weighted by Gasteiger charge is -2.10. The Kier molecular flexibility index (Phi) is 5.22. The molecule has 1 amide bonds. The second-order valence-electron chi connectivity index (χ2n) is 3.78. The highest BCUT2D eigenvalue weighted by molar-refractivity contribution is 5.81. The van der Waals surface area contributed by atoms with Crippen molar-refractivity contribution in [2.75, 3.05) is 13.2 Å². The van der Waals surface area contributed by atoms with E-state index < -0.39 is 30.2 Å². The predicted octanol–water partition coefficient (Wildman–Crippen LogP) is 1.46. The summed E-state index contributed by atoms with van der Waals surface area (Å²) in [5.41, 5.74) is -0.543. The lowest BCUT2D eigenvalue weighted by molar-refractivity contribution is -0.384. The Morgan fingerprint density at radius 2 is 2.10 bits per heavy atom. The Bertz CT molecular complexity index is 559. The quantitative estimate of drug-likeness (QED) is 0.487. The third-order valence-electron chi connectivity index (χ3n) is 2.18. The molecule has 1 N–H and O–H groups in total. The predicted molar refractivity (Wildman–Crippen MR) is 63.0 cm³/mol. The van der Waals surface area contributed by atoms with Gasteiger partial charge >= 0.3 is 6.18 Å². The molecular weight excluding hydrogens is 297 g/mol. The molecule has 0 saturated heterocycles. The van der Waals surface area contributed by atoms with E-state index in [4.69, 9.17) is 4.74 Å². The fraction of sp³-hybridized carbons (Fsp3) is 0.273. The molecule has 0 saturated carbocycles. The summed E-state index contributed by atoms with van der Waals surface area (Å²) in [5.74, 6) is -1.18. The number of benzene rings is 1. The SMILES string of the molecule is O=Cc1cc([N+](=O)[O-])ccc1OCC(=O)NCC(F)(F)F. The van der Waals surface area contributed by atoms with E-state index in [0.29, 0.717) is 0 Å². The maximum absolute atomic E-state index is 11.9. The Labute approximate surface area is 115 Å². The van der Waals surface area contributed by atoms with Crippen LogP contribution in [-0.4, -0.2) is 36.4 Å². The van der Waals surface area contributed by atoms with Gasteiger partial charge in [-0.05, 0) is 6.07 Å². The average molecular weight is 306 g/mol. The molecule has 0 radical (unpaired) electrons. The number of carbonyl (C=O) groups is 2. The molecule has 0 aliphatic rings.